The lowest BCUT2D eigenvalue weighted by Gasteiger charge is -2.28. The third-order valence-corrected chi connectivity index (χ3v) is 6.23. The first-order chi connectivity index (χ1) is 14.1. The molecular formula is C23H26N4O2. The first-order valence-corrected chi connectivity index (χ1v) is 10.4. The Bertz CT molecular complexity index is 1080. The van der Waals surface area contributed by atoms with Crippen LogP contribution in [0.1, 0.15) is 57.5 Å². The van der Waals surface area contributed by atoms with E-state index < -0.39 is 0 Å². The van der Waals surface area contributed by atoms with E-state index in [1.165, 1.54) is 0 Å². The lowest BCUT2D eigenvalue weighted by atomic mass is 9.96. The molecule has 1 amide bonds. The fourth-order valence-electron chi connectivity index (χ4n) is 4.46. The first kappa shape index (κ1) is 18.3. The summed E-state index contributed by atoms with van der Waals surface area (Å²) in [6, 6.07) is 6.02. The molecule has 2 aliphatic heterocycles. The second-order valence-electron chi connectivity index (χ2n) is 8.26. The summed E-state index contributed by atoms with van der Waals surface area (Å²) >= 11 is 0. The maximum Gasteiger partial charge on any atom is 0.290 e. The van der Waals surface area contributed by atoms with E-state index in [0.29, 0.717) is 24.8 Å². The van der Waals surface area contributed by atoms with Gasteiger partial charge in [0.05, 0.1) is 5.69 Å². The van der Waals surface area contributed by atoms with Crippen LogP contribution < -0.4 is 5.32 Å². The quantitative estimate of drug-likeness (QED) is 0.725. The van der Waals surface area contributed by atoms with E-state index in [-0.39, 0.29) is 5.91 Å². The normalized spacial score (nSPS) is 17.5. The summed E-state index contributed by atoms with van der Waals surface area (Å²) in [5, 5.41) is 4.40. The topological polar surface area (TPSA) is 71.3 Å². The van der Waals surface area contributed by atoms with Gasteiger partial charge in [0, 0.05) is 48.1 Å². The van der Waals surface area contributed by atoms with Crippen molar-refractivity contribution in [3.05, 3.63) is 58.4 Å². The highest BCUT2D eigenvalue weighted by Crippen LogP contribution is 2.29. The van der Waals surface area contributed by atoms with E-state index in [4.69, 9.17) is 9.40 Å². The van der Waals surface area contributed by atoms with Gasteiger partial charge in [0.25, 0.3) is 5.91 Å². The average molecular weight is 390 g/mol. The van der Waals surface area contributed by atoms with E-state index in [1.54, 1.807) is 0 Å². The summed E-state index contributed by atoms with van der Waals surface area (Å²) in [4.78, 5) is 24.5. The molecule has 5 rings (SSSR count). The predicted molar refractivity (Wildman–Crippen MR) is 111 cm³/mol. The fraction of sp³-hybridized carbons (Fsp3) is 0.435. The lowest BCUT2D eigenvalue weighted by molar-refractivity contribution is 0.0702. The van der Waals surface area contributed by atoms with Crippen LogP contribution in [0.3, 0.4) is 0 Å². The van der Waals surface area contributed by atoms with Crippen LogP contribution in [0.4, 0.5) is 0 Å². The third-order valence-electron chi connectivity index (χ3n) is 6.23. The van der Waals surface area contributed by atoms with E-state index in [9.17, 15) is 4.79 Å². The molecule has 1 aromatic carbocycles. The van der Waals surface area contributed by atoms with E-state index >= 15 is 0 Å². The molecule has 150 valence electrons. The highest BCUT2D eigenvalue weighted by Gasteiger charge is 2.28. The number of carbonyl (C=O) groups is 1. The molecule has 0 radical (unpaired) electrons. The molecule has 1 N–H and O–H groups in total. The van der Waals surface area contributed by atoms with Crippen molar-refractivity contribution in [3.63, 3.8) is 0 Å². The standard InChI is InChI=1S/C23H26N4O2/c1-14-3-4-20-18(11-14)15(2)21(29-20)23(28)27-10-7-19-17(13-27)12-25-22(26-19)16-5-8-24-9-6-16/h3-4,11-12,16,24H,5-10,13H2,1-2H3. The molecule has 6 heteroatoms. The van der Waals surface area contributed by atoms with Gasteiger partial charge in [-0.3, -0.25) is 4.79 Å². The van der Waals surface area contributed by atoms with Gasteiger partial charge < -0.3 is 14.6 Å². The smallest absolute Gasteiger partial charge is 0.290 e. The Kier molecular flexibility index (Phi) is 4.59. The molecule has 0 spiro atoms. The van der Waals surface area contributed by atoms with Crippen LogP contribution in [0, 0.1) is 13.8 Å². The number of rotatable bonds is 2. The number of aryl methyl sites for hydroxylation is 2. The van der Waals surface area contributed by atoms with Crippen LogP contribution in [-0.4, -0.2) is 40.4 Å². The Labute approximate surface area is 170 Å². The van der Waals surface area contributed by atoms with Gasteiger partial charge in [-0.1, -0.05) is 11.6 Å². The minimum atomic E-state index is -0.0514. The van der Waals surface area contributed by atoms with Crippen LogP contribution in [0.2, 0.25) is 0 Å². The summed E-state index contributed by atoms with van der Waals surface area (Å²) in [7, 11) is 0. The maximum absolute atomic E-state index is 13.2. The summed E-state index contributed by atoms with van der Waals surface area (Å²) in [5.41, 5.74) is 4.98. The molecular weight excluding hydrogens is 364 g/mol. The SMILES string of the molecule is Cc1ccc2oc(C(=O)N3CCc4nc(C5CCNCC5)ncc4C3)c(C)c2c1. The Hall–Kier alpha value is -2.73. The monoisotopic (exact) mass is 390 g/mol. The fourth-order valence-corrected chi connectivity index (χ4v) is 4.46. The number of piperidine rings is 1. The number of nitrogens with zero attached hydrogens (tertiary/aromatic N) is 3. The van der Waals surface area contributed by atoms with Crippen LogP contribution in [0.15, 0.2) is 28.8 Å². The summed E-state index contributed by atoms with van der Waals surface area (Å²) in [6.45, 7) is 7.27. The zero-order valence-electron chi connectivity index (χ0n) is 17.0. The number of carbonyl (C=O) groups excluding carboxylic acids is 1. The molecule has 6 nitrogen and oxygen atoms in total. The molecule has 3 aromatic rings. The van der Waals surface area contributed by atoms with Crippen molar-refractivity contribution in [3.8, 4) is 0 Å². The van der Waals surface area contributed by atoms with Gasteiger partial charge in [0.1, 0.15) is 11.4 Å². The molecule has 1 fully saturated rings. The molecule has 0 atom stereocenters. The molecule has 0 saturated carbocycles. The molecule has 0 aliphatic carbocycles. The predicted octanol–water partition coefficient (Wildman–Crippen LogP) is 3.51. The zero-order valence-corrected chi connectivity index (χ0v) is 17.0. The zero-order chi connectivity index (χ0) is 20.0. The number of furan rings is 1. The summed E-state index contributed by atoms with van der Waals surface area (Å²) in [6.07, 6.45) is 4.87. The highest BCUT2D eigenvalue weighted by molar-refractivity contribution is 5.99. The average Bonchev–Trinajstić information content (AvgIpc) is 3.09. The molecule has 2 aliphatic rings. The van der Waals surface area contributed by atoms with Crippen LogP contribution in [-0.2, 0) is 13.0 Å². The molecule has 0 bridgehead atoms. The maximum atomic E-state index is 13.2. The van der Waals surface area contributed by atoms with E-state index in [2.05, 4.69) is 16.4 Å². The number of hydrogen-bond acceptors (Lipinski definition) is 5. The first-order valence-electron chi connectivity index (χ1n) is 10.4. The van der Waals surface area contributed by atoms with Gasteiger partial charge in [-0.2, -0.15) is 0 Å². The Morgan fingerprint density at radius 1 is 1.24 bits per heavy atom. The van der Waals surface area contributed by atoms with Crippen molar-refractivity contribution < 1.29 is 9.21 Å². The van der Waals surface area contributed by atoms with Crippen molar-refractivity contribution in [2.24, 2.45) is 0 Å². The molecule has 2 aromatic heterocycles. The second-order valence-corrected chi connectivity index (χ2v) is 8.26. The Morgan fingerprint density at radius 3 is 2.90 bits per heavy atom. The summed E-state index contributed by atoms with van der Waals surface area (Å²) in [5.74, 6) is 1.81. The Balaban J connectivity index is 1.38. The van der Waals surface area contributed by atoms with Crippen molar-refractivity contribution in [1.29, 1.82) is 0 Å². The summed E-state index contributed by atoms with van der Waals surface area (Å²) < 4.78 is 5.93. The number of aromatic nitrogens is 2. The number of nitrogens with one attached hydrogen (secondary N) is 1. The van der Waals surface area contributed by atoms with Crippen molar-refractivity contribution in [2.45, 2.75) is 45.6 Å². The van der Waals surface area contributed by atoms with Gasteiger partial charge in [0.2, 0.25) is 0 Å². The van der Waals surface area contributed by atoms with Crippen LogP contribution >= 0.6 is 0 Å². The number of amides is 1. The molecule has 0 unspecified atom stereocenters. The molecule has 4 heterocycles. The minimum Gasteiger partial charge on any atom is -0.451 e. The Morgan fingerprint density at radius 2 is 2.07 bits per heavy atom. The van der Waals surface area contributed by atoms with Gasteiger partial charge in [-0.15, -0.1) is 0 Å². The van der Waals surface area contributed by atoms with Gasteiger partial charge in [-0.25, -0.2) is 9.97 Å². The number of hydrogen-bond donors (Lipinski definition) is 1. The largest absolute Gasteiger partial charge is 0.451 e. The van der Waals surface area contributed by atoms with Crippen molar-refractivity contribution in [2.75, 3.05) is 19.6 Å². The highest BCUT2D eigenvalue weighted by atomic mass is 16.3. The number of fused-ring (bicyclic) bond motifs is 2. The second kappa shape index (κ2) is 7.26. The molecule has 1 saturated heterocycles. The van der Waals surface area contributed by atoms with Crippen LogP contribution in [0.5, 0.6) is 0 Å². The van der Waals surface area contributed by atoms with Crippen molar-refractivity contribution >= 4 is 16.9 Å². The van der Waals surface area contributed by atoms with Gasteiger partial charge >= 0.3 is 0 Å². The van der Waals surface area contributed by atoms with Gasteiger partial charge in [0.15, 0.2) is 5.76 Å². The van der Waals surface area contributed by atoms with Crippen LogP contribution in [0.25, 0.3) is 11.0 Å². The minimum absolute atomic E-state index is 0.0514. The van der Waals surface area contributed by atoms with E-state index in [0.717, 1.165) is 71.5 Å². The molecule has 29 heavy (non-hydrogen) atoms. The van der Waals surface area contributed by atoms with Gasteiger partial charge in [-0.05, 0) is 51.9 Å². The third kappa shape index (κ3) is 3.31. The van der Waals surface area contributed by atoms with E-state index in [1.807, 2.05) is 37.1 Å². The number of benzene rings is 1. The lowest BCUT2D eigenvalue weighted by Crippen LogP contribution is -2.37. The van der Waals surface area contributed by atoms with Crippen molar-refractivity contribution in [1.82, 2.24) is 20.2 Å².